The number of ether oxygens (including phenoxy) is 1. The predicted octanol–water partition coefficient (Wildman–Crippen LogP) is 0.754. The largest absolute Gasteiger partial charge is 0.469 e. The normalized spacial score (nSPS) is 31.0. The molecule has 0 amide bonds. The third-order valence-electron chi connectivity index (χ3n) is 1.96. The lowest BCUT2D eigenvalue weighted by molar-refractivity contribution is 0.123. The first-order chi connectivity index (χ1) is 5.38. The van der Waals surface area contributed by atoms with E-state index in [0.717, 1.165) is 5.76 Å². The Labute approximate surface area is 64.6 Å². The molecule has 1 N–H and O–H groups in total. The summed E-state index contributed by atoms with van der Waals surface area (Å²) in [7, 11) is 0. The molecule has 3 heteroatoms. The van der Waals surface area contributed by atoms with Crippen molar-refractivity contribution in [3.63, 3.8) is 0 Å². The van der Waals surface area contributed by atoms with Gasteiger partial charge in [0, 0.05) is 0 Å². The van der Waals surface area contributed by atoms with Crippen molar-refractivity contribution >= 4 is 0 Å². The smallest absolute Gasteiger partial charge is 0.111 e. The Bertz CT molecular complexity index is 217. The number of aliphatic hydroxyl groups is 1. The molecule has 1 aliphatic heterocycles. The van der Waals surface area contributed by atoms with Gasteiger partial charge < -0.3 is 14.3 Å². The van der Waals surface area contributed by atoms with Gasteiger partial charge in [0.2, 0.25) is 0 Å². The topological polar surface area (TPSA) is 42.6 Å². The van der Waals surface area contributed by atoms with Gasteiger partial charge in [0.25, 0.3) is 0 Å². The van der Waals surface area contributed by atoms with Crippen LogP contribution in [0.25, 0.3) is 0 Å². The van der Waals surface area contributed by atoms with E-state index in [0.29, 0.717) is 13.2 Å². The van der Waals surface area contributed by atoms with Crippen LogP contribution in [0.5, 0.6) is 0 Å². The van der Waals surface area contributed by atoms with Gasteiger partial charge in [-0.3, -0.25) is 0 Å². The van der Waals surface area contributed by atoms with Gasteiger partial charge in [0.15, 0.2) is 0 Å². The van der Waals surface area contributed by atoms with Gasteiger partial charge in [0.1, 0.15) is 5.76 Å². The standard InChI is InChI=1S/C8H10O3/c9-7-5-10-4-6(7)8-2-1-3-11-8/h1-3,6-7,9H,4-5H2/t6-,7+/m0/s1. The summed E-state index contributed by atoms with van der Waals surface area (Å²) in [5.41, 5.74) is 0. The summed E-state index contributed by atoms with van der Waals surface area (Å²) in [6, 6.07) is 3.68. The molecule has 2 rings (SSSR count). The van der Waals surface area contributed by atoms with E-state index in [2.05, 4.69) is 0 Å². The first-order valence-corrected chi connectivity index (χ1v) is 3.67. The molecule has 2 heterocycles. The fourth-order valence-corrected chi connectivity index (χ4v) is 1.32. The molecule has 0 aliphatic carbocycles. The van der Waals surface area contributed by atoms with E-state index < -0.39 is 6.10 Å². The zero-order valence-corrected chi connectivity index (χ0v) is 6.06. The lowest BCUT2D eigenvalue weighted by Gasteiger charge is -2.07. The number of rotatable bonds is 1. The third kappa shape index (κ3) is 1.17. The summed E-state index contributed by atoms with van der Waals surface area (Å²) < 4.78 is 10.2. The fourth-order valence-electron chi connectivity index (χ4n) is 1.32. The molecule has 1 saturated heterocycles. The minimum absolute atomic E-state index is 0.0324. The second-order valence-electron chi connectivity index (χ2n) is 2.73. The predicted molar refractivity (Wildman–Crippen MR) is 38.3 cm³/mol. The average Bonchev–Trinajstić information content (AvgIpc) is 2.55. The number of hydrogen-bond donors (Lipinski definition) is 1. The van der Waals surface area contributed by atoms with E-state index in [1.54, 1.807) is 6.26 Å². The van der Waals surface area contributed by atoms with E-state index in [9.17, 15) is 5.11 Å². The monoisotopic (exact) mass is 154 g/mol. The zero-order chi connectivity index (χ0) is 7.68. The van der Waals surface area contributed by atoms with E-state index >= 15 is 0 Å². The highest BCUT2D eigenvalue weighted by Gasteiger charge is 2.29. The van der Waals surface area contributed by atoms with Gasteiger partial charge in [-0.1, -0.05) is 0 Å². The molecule has 1 aliphatic rings. The number of aliphatic hydroxyl groups excluding tert-OH is 1. The Balaban J connectivity index is 2.16. The summed E-state index contributed by atoms with van der Waals surface area (Å²) in [5, 5.41) is 9.38. The second kappa shape index (κ2) is 2.68. The maximum absolute atomic E-state index is 9.38. The van der Waals surface area contributed by atoms with Crippen molar-refractivity contribution in [2.45, 2.75) is 12.0 Å². The third-order valence-corrected chi connectivity index (χ3v) is 1.96. The summed E-state index contributed by atoms with van der Waals surface area (Å²) in [4.78, 5) is 0. The van der Waals surface area contributed by atoms with Crippen LogP contribution in [0, 0.1) is 0 Å². The highest BCUT2D eigenvalue weighted by atomic mass is 16.5. The van der Waals surface area contributed by atoms with Crippen molar-refractivity contribution in [3.8, 4) is 0 Å². The minimum Gasteiger partial charge on any atom is -0.469 e. The van der Waals surface area contributed by atoms with Crippen LogP contribution in [-0.2, 0) is 4.74 Å². The molecular formula is C8H10O3. The van der Waals surface area contributed by atoms with Crippen molar-refractivity contribution in [2.24, 2.45) is 0 Å². The highest BCUT2D eigenvalue weighted by Crippen LogP contribution is 2.25. The van der Waals surface area contributed by atoms with Crippen LogP contribution in [0.15, 0.2) is 22.8 Å². The van der Waals surface area contributed by atoms with Crippen molar-refractivity contribution in [2.75, 3.05) is 13.2 Å². The minimum atomic E-state index is -0.402. The van der Waals surface area contributed by atoms with Crippen LogP contribution in [-0.4, -0.2) is 24.4 Å². The first-order valence-electron chi connectivity index (χ1n) is 3.67. The summed E-state index contributed by atoms with van der Waals surface area (Å²) in [5.74, 6) is 0.847. The molecule has 3 nitrogen and oxygen atoms in total. The van der Waals surface area contributed by atoms with Crippen LogP contribution < -0.4 is 0 Å². The highest BCUT2D eigenvalue weighted by molar-refractivity contribution is 5.09. The molecule has 2 atom stereocenters. The number of furan rings is 1. The molecule has 0 radical (unpaired) electrons. The van der Waals surface area contributed by atoms with Gasteiger partial charge in [0.05, 0.1) is 31.5 Å². The SMILES string of the molecule is O[C@@H]1COC[C@@H]1c1ccco1. The maximum Gasteiger partial charge on any atom is 0.111 e. The summed E-state index contributed by atoms with van der Waals surface area (Å²) in [6.07, 6.45) is 1.21. The molecule has 0 spiro atoms. The fraction of sp³-hybridized carbons (Fsp3) is 0.500. The van der Waals surface area contributed by atoms with Crippen molar-refractivity contribution < 1.29 is 14.3 Å². The molecule has 60 valence electrons. The maximum atomic E-state index is 9.38. The quantitative estimate of drug-likeness (QED) is 0.649. The Kier molecular flexibility index (Phi) is 1.68. The number of hydrogen-bond acceptors (Lipinski definition) is 3. The van der Waals surface area contributed by atoms with Gasteiger partial charge in [-0.15, -0.1) is 0 Å². The summed E-state index contributed by atoms with van der Waals surface area (Å²) >= 11 is 0. The lowest BCUT2D eigenvalue weighted by atomic mass is 10.0. The Morgan fingerprint density at radius 3 is 2.91 bits per heavy atom. The molecule has 11 heavy (non-hydrogen) atoms. The first kappa shape index (κ1) is 6.88. The van der Waals surface area contributed by atoms with Crippen molar-refractivity contribution in [3.05, 3.63) is 24.2 Å². The van der Waals surface area contributed by atoms with Gasteiger partial charge in [-0.05, 0) is 12.1 Å². The van der Waals surface area contributed by atoms with Crippen LogP contribution in [0.1, 0.15) is 11.7 Å². The van der Waals surface area contributed by atoms with Crippen molar-refractivity contribution in [1.82, 2.24) is 0 Å². The molecule has 0 saturated carbocycles. The van der Waals surface area contributed by atoms with Crippen molar-refractivity contribution in [1.29, 1.82) is 0 Å². The van der Waals surface area contributed by atoms with Crippen LogP contribution in [0.2, 0.25) is 0 Å². The Morgan fingerprint density at radius 2 is 2.36 bits per heavy atom. The average molecular weight is 154 g/mol. The van der Waals surface area contributed by atoms with E-state index in [1.807, 2.05) is 12.1 Å². The Morgan fingerprint density at radius 1 is 1.45 bits per heavy atom. The molecule has 1 aromatic rings. The zero-order valence-electron chi connectivity index (χ0n) is 6.06. The van der Waals surface area contributed by atoms with Crippen LogP contribution >= 0.6 is 0 Å². The van der Waals surface area contributed by atoms with Gasteiger partial charge >= 0.3 is 0 Å². The van der Waals surface area contributed by atoms with E-state index in [1.165, 1.54) is 0 Å². The molecule has 0 unspecified atom stereocenters. The molecule has 0 aromatic carbocycles. The van der Waals surface area contributed by atoms with E-state index in [4.69, 9.17) is 9.15 Å². The summed E-state index contributed by atoms with van der Waals surface area (Å²) in [6.45, 7) is 0.986. The Hall–Kier alpha value is -0.800. The van der Waals surface area contributed by atoms with E-state index in [-0.39, 0.29) is 5.92 Å². The molecular weight excluding hydrogens is 144 g/mol. The second-order valence-corrected chi connectivity index (χ2v) is 2.73. The lowest BCUT2D eigenvalue weighted by Crippen LogP contribution is -2.14. The van der Waals surface area contributed by atoms with Gasteiger partial charge in [-0.2, -0.15) is 0 Å². The van der Waals surface area contributed by atoms with Crippen LogP contribution in [0.3, 0.4) is 0 Å². The molecule has 0 bridgehead atoms. The van der Waals surface area contributed by atoms with Crippen LogP contribution in [0.4, 0.5) is 0 Å². The molecule has 1 fully saturated rings. The molecule has 1 aromatic heterocycles. The van der Waals surface area contributed by atoms with Gasteiger partial charge in [-0.25, -0.2) is 0 Å².